The van der Waals surface area contributed by atoms with Crippen LogP contribution in [0.2, 0.25) is 0 Å². The zero-order chi connectivity index (χ0) is 21.8. The van der Waals surface area contributed by atoms with Crippen molar-refractivity contribution in [3.8, 4) is 0 Å². The van der Waals surface area contributed by atoms with E-state index in [2.05, 4.69) is 5.32 Å². The van der Waals surface area contributed by atoms with Gasteiger partial charge in [-0.15, -0.1) is 0 Å². The van der Waals surface area contributed by atoms with Gasteiger partial charge in [0.15, 0.2) is 0 Å². The first-order chi connectivity index (χ1) is 15.0. The number of nitrogens with one attached hydrogen (secondary N) is 1. The lowest BCUT2D eigenvalue weighted by Gasteiger charge is -2.14. The molecule has 0 radical (unpaired) electrons. The summed E-state index contributed by atoms with van der Waals surface area (Å²) in [6.07, 6.45) is 2.73. The van der Waals surface area contributed by atoms with Gasteiger partial charge < -0.3 is 5.32 Å². The third-order valence-corrected chi connectivity index (χ3v) is 6.48. The lowest BCUT2D eigenvalue weighted by Crippen LogP contribution is -2.29. The molecule has 0 unspecified atom stereocenters. The molecule has 1 heterocycles. The average molecular weight is 447 g/mol. The van der Waals surface area contributed by atoms with Gasteiger partial charge >= 0.3 is 0 Å². The maximum Gasteiger partial charge on any atom is 0.266 e. The van der Waals surface area contributed by atoms with Gasteiger partial charge in [0.05, 0.1) is 4.91 Å². The summed E-state index contributed by atoms with van der Waals surface area (Å²) in [5, 5.41) is 5.08. The Morgan fingerprint density at radius 1 is 1.06 bits per heavy atom. The molecule has 4 rings (SSSR count). The third-order valence-electron chi connectivity index (χ3n) is 5.10. The number of thioether (sulfide) groups is 1. The number of aryl methyl sites for hydroxylation is 1. The smallest absolute Gasteiger partial charge is 0.266 e. The minimum Gasteiger partial charge on any atom is -0.326 e. The highest BCUT2D eigenvalue weighted by Gasteiger charge is 2.31. The number of fused-ring (bicyclic) bond motifs is 1. The van der Waals surface area contributed by atoms with Gasteiger partial charge in [0.2, 0.25) is 5.91 Å². The molecule has 0 aromatic heterocycles. The summed E-state index contributed by atoms with van der Waals surface area (Å²) < 4.78 is 0.540. The second-order valence-corrected chi connectivity index (χ2v) is 9.10. The maximum absolute atomic E-state index is 12.7. The fourth-order valence-corrected chi connectivity index (χ4v) is 4.76. The normalized spacial score (nSPS) is 15.1. The highest BCUT2D eigenvalue weighted by Crippen LogP contribution is 2.32. The van der Waals surface area contributed by atoms with Gasteiger partial charge in [0.1, 0.15) is 4.32 Å². The molecule has 1 fully saturated rings. The van der Waals surface area contributed by atoms with E-state index in [0.29, 0.717) is 28.6 Å². The second kappa shape index (κ2) is 9.45. The zero-order valence-corrected chi connectivity index (χ0v) is 18.8. The van der Waals surface area contributed by atoms with Crippen molar-refractivity contribution in [3.05, 3.63) is 82.8 Å². The Labute approximate surface area is 191 Å². The molecule has 0 saturated carbocycles. The minimum atomic E-state index is -0.0926. The van der Waals surface area contributed by atoms with Crippen LogP contribution in [0.15, 0.2) is 71.6 Å². The van der Waals surface area contributed by atoms with E-state index in [4.69, 9.17) is 12.2 Å². The van der Waals surface area contributed by atoms with E-state index >= 15 is 0 Å². The Balaban J connectivity index is 1.33. The molecule has 1 N–H and O–H groups in total. The molecule has 3 aromatic rings. The average Bonchev–Trinajstić information content (AvgIpc) is 3.03. The molecular weight excluding hydrogens is 424 g/mol. The molecule has 6 heteroatoms. The second-order valence-electron chi connectivity index (χ2n) is 7.42. The highest BCUT2D eigenvalue weighted by molar-refractivity contribution is 8.26. The number of hydrogen-bond donors (Lipinski definition) is 1. The number of carbonyl (C=O) groups is 2. The number of carbonyl (C=O) groups excluding carboxylic acids is 2. The van der Waals surface area contributed by atoms with E-state index in [1.54, 1.807) is 4.90 Å². The topological polar surface area (TPSA) is 49.4 Å². The summed E-state index contributed by atoms with van der Waals surface area (Å²) in [6, 6.07) is 21.8. The number of rotatable bonds is 6. The van der Waals surface area contributed by atoms with Crippen molar-refractivity contribution in [2.45, 2.75) is 19.8 Å². The van der Waals surface area contributed by atoms with E-state index in [1.165, 1.54) is 17.3 Å². The van der Waals surface area contributed by atoms with Gasteiger partial charge in [-0.2, -0.15) is 0 Å². The fraction of sp³-hybridized carbons (Fsp3) is 0.160. The Morgan fingerprint density at radius 2 is 1.81 bits per heavy atom. The molecule has 156 valence electrons. The van der Waals surface area contributed by atoms with E-state index in [1.807, 2.05) is 79.7 Å². The summed E-state index contributed by atoms with van der Waals surface area (Å²) >= 11 is 6.71. The van der Waals surface area contributed by atoms with Crippen LogP contribution in [0.3, 0.4) is 0 Å². The van der Waals surface area contributed by atoms with Gasteiger partial charge in [0.25, 0.3) is 5.91 Å². The molecule has 0 spiro atoms. The lowest BCUT2D eigenvalue weighted by molar-refractivity contribution is -0.122. The highest BCUT2D eigenvalue weighted by atomic mass is 32.2. The Bertz CT molecular complexity index is 1180. The molecular formula is C25H22N2O2S2. The first-order valence-electron chi connectivity index (χ1n) is 10.1. The number of nitrogens with zero attached hydrogens (tertiary/aromatic N) is 1. The number of thiocarbonyl (C=S) groups is 1. The van der Waals surface area contributed by atoms with Crippen LogP contribution < -0.4 is 5.32 Å². The first kappa shape index (κ1) is 21.3. The summed E-state index contributed by atoms with van der Waals surface area (Å²) in [5.74, 6) is -0.165. The van der Waals surface area contributed by atoms with E-state index in [-0.39, 0.29) is 11.8 Å². The Hall–Kier alpha value is -2.96. The molecule has 4 nitrogen and oxygen atoms in total. The third kappa shape index (κ3) is 5.03. The van der Waals surface area contributed by atoms with Crippen LogP contribution in [-0.2, 0) is 9.59 Å². The quantitative estimate of drug-likeness (QED) is 0.386. The van der Waals surface area contributed by atoms with Crippen molar-refractivity contribution in [2.75, 3.05) is 11.9 Å². The van der Waals surface area contributed by atoms with E-state index in [9.17, 15) is 9.59 Å². The zero-order valence-electron chi connectivity index (χ0n) is 17.1. The van der Waals surface area contributed by atoms with Crippen molar-refractivity contribution < 1.29 is 9.59 Å². The van der Waals surface area contributed by atoms with Crippen LogP contribution in [0, 0.1) is 6.92 Å². The number of amides is 2. The van der Waals surface area contributed by atoms with Crippen LogP contribution in [0.4, 0.5) is 5.69 Å². The standard InChI is InChI=1S/C25H22N2O2S2/c1-17-11-13-18(14-12-17)16-22-24(29)27(25(30)31-22)15-5-10-23(28)26-21-9-4-7-19-6-2-3-8-20(19)21/h2-4,6-9,11-14,16H,5,10,15H2,1H3,(H,26,28)/b22-16-. The lowest BCUT2D eigenvalue weighted by atomic mass is 10.1. The van der Waals surface area contributed by atoms with Gasteiger partial charge in [-0.3, -0.25) is 14.5 Å². The Kier molecular flexibility index (Phi) is 6.49. The maximum atomic E-state index is 12.7. The molecule has 1 aliphatic heterocycles. The van der Waals surface area contributed by atoms with Crippen molar-refractivity contribution in [1.82, 2.24) is 4.90 Å². The van der Waals surface area contributed by atoms with E-state index < -0.39 is 0 Å². The predicted molar refractivity (Wildman–Crippen MR) is 133 cm³/mol. The molecule has 2 amide bonds. The number of hydrogen-bond acceptors (Lipinski definition) is 4. The van der Waals surface area contributed by atoms with Gasteiger partial charge in [0, 0.05) is 24.0 Å². The molecule has 1 saturated heterocycles. The fourth-order valence-electron chi connectivity index (χ4n) is 3.45. The molecule has 0 aliphatic carbocycles. The summed E-state index contributed by atoms with van der Waals surface area (Å²) in [4.78, 5) is 27.4. The van der Waals surface area contributed by atoms with Crippen LogP contribution in [0.1, 0.15) is 24.0 Å². The predicted octanol–water partition coefficient (Wildman–Crippen LogP) is 5.77. The van der Waals surface area contributed by atoms with Crippen LogP contribution >= 0.6 is 24.0 Å². The van der Waals surface area contributed by atoms with Crippen LogP contribution in [-0.4, -0.2) is 27.6 Å². The molecule has 31 heavy (non-hydrogen) atoms. The Morgan fingerprint density at radius 3 is 2.61 bits per heavy atom. The van der Waals surface area contributed by atoms with Crippen LogP contribution in [0.5, 0.6) is 0 Å². The monoisotopic (exact) mass is 446 g/mol. The van der Waals surface area contributed by atoms with Gasteiger partial charge in [-0.1, -0.05) is 90.2 Å². The minimum absolute atomic E-state index is 0.0722. The summed E-state index contributed by atoms with van der Waals surface area (Å²) in [6.45, 7) is 2.46. The van der Waals surface area contributed by atoms with Crippen molar-refractivity contribution in [1.29, 1.82) is 0 Å². The SMILES string of the molecule is Cc1ccc(/C=C2\SC(=S)N(CCCC(=O)Nc3cccc4ccccc34)C2=O)cc1. The molecule has 0 bridgehead atoms. The molecule has 1 aliphatic rings. The van der Waals surface area contributed by atoms with Crippen molar-refractivity contribution in [2.24, 2.45) is 0 Å². The van der Waals surface area contributed by atoms with Gasteiger partial charge in [-0.05, 0) is 36.4 Å². The van der Waals surface area contributed by atoms with Gasteiger partial charge in [-0.25, -0.2) is 0 Å². The van der Waals surface area contributed by atoms with Crippen molar-refractivity contribution >= 4 is 62.7 Å². The molecule has 0 atom stereocenters. The van der Waals surface area contributed by atoms with Crippen LogP contribution in [0.25, 0.3) is 16.8 Å². The largest absolute Gasteiger partial charge is 0.326 e. The van der Waals surface area contributed by atoms with E-state index in [0.717, 1.165) is 22.0 Å². The first-order valence-corrected chi connectivity index (χ1v) is 11.3. The van der Waals surface area contributed by atoms with Crippen molar-refractivity contribution in [3.63, 3.8) is 0 Å². The molecule has 3 aromatic carbocycles. The summed E-state index contributed by atoms with van der Waals surface area (Å²) in [7, 11) is 0. The summed E-state index contributed by atoms with van der Waals surface area (Å²) in [5.41, 5.74) is 2.95. The number of benzene rings is 3. The number of anilines is 1.